The average Bonchev–Trinajstić information content (AvgIpc) is 3.34. The summed E-state index contributed by atoms with van der Waals surface area (Å²) in [5, 5.41) is 0.555. The Kier molecular flexibility index (Phi) is 5.51. The number of hydrogen-bond acceptors (Lipinski definition) is 5. The molecule has 0 saturated carbocycles. The first-order chi connectivity index (χ1) is 15.6. The molecule has 0 bridgehead atoms. The summed E-state index contributed by atoms with van der Waals surface area (Å²) >= 11 is 0. The molecule has 166 valence electrons. The fraction of sp³-hybridized carbons (Fsp3) is 0.417. The number of nitrogens with zero attached hydrogens (tertiary/aromatic N) is 4. The molecule has 0 unspecified atom stereocenters. The summed E-state index contributed by atoms with van der Waals surface area (Å²) in [4.78, 5) is 46.8. The molecule has 1 aromatic carbocycles. The first-order valence-electron chi connectivity index (χ1n) is 11.3. The van der Waals surface area contributed by atoms with Gasteiger partial charge in [-0.15, -0.1) is 0 Å². The minimum atomic E-state index is -0.158. The Bertz CT molecular complexity index is 1210. The molecule has 8 nitrogen and oxygen atoms in total. The topological polar surface area (TPSA) is 88.7 Å². The molecule has 0 N–H and O–H groups in total. The maximum Gasteiger partial charge on any atom is 0.289 e. The number of amides is 2. The van der Waals surface area contributed by atoms with Gasteiger partial charge in [-0.2, -0.15) is 0 Å². The van der Waals surface area contributed by atoms with Crippen molar-refractivity contribution < 1.29 is 14.0 Å². The lowest BCUT2D eigenvalue weighted by atomic mass is 10.1. The molecule has 2 amide bonds. The molecule has 2 aliphatic heterocycles. The van der Waals surface area contributed by atoms with Crippen LogP contribution in [0.25, 0.3) is 10.9 Å². The third-order valence-corrected chi connectivity index (χ3v) is 6.40. The fourth-order valence-electron chi connectivity index (χ4n) is 4.58. The van der Waals surface area contributed by atoms with Gasteiger partial charge >= 0.3 is 0 Å². The van der Waals surface area contributed by atoms with Gasteiger partial charge in [0.2, 0.25) is 0 Å². The highest BCUT2D eigenvalue weighted by Gasteiger charge is 2.27. The van der Waals surface area contributed by atoms with E-state index in [4.69, 9.17) is 9.40 Å². The van der Waals surface area contributed by atoms with Crippen LogP contribution in [0.5, 0.6) is 0 Å². The maximum atomic E-state index is 13.1. The normalized spacial score (nSPS) is 17.0. The van der Waals surface area contributed by atoms with Crippen molar-refractivity contribution in [1.29, 1.82) is 0 Å². The number of fused-ring (bicyclic) bond motifs is 2. The van der Waals surface area contributed by atoms with E-state index in [1.54, 1.807) is 44.7 Å². The van der Waals surface area contributed by atoms with Gasteiger partial charge in [-0.3, -0.25) is 19.0 Å². The second-order valence-electron chi connectivity index (χ2n) is 8.44. The molecule has 5 rings (SSSR count). The zero-order valence-corrected chi connectivity index (χ0v) is 18.0. The van der Waals surface area contributed by atoms with Gasteiger partial charge < -0.3 is 14.2 Å². The first kappa shape index (κ1) is 20.5. The van der Waals surface area contributed by atoms with Crippen LogP contribution in [0, 0.1) is 0 Å². The SMILES string of the molecule is O=C(c1ccc2c(=O)n3c(nc2c1)CCCCCC3)N1CCN(C(=O)c2ccco2)CC1. The van der Waals surface area contributed by atoms with Gasteiger partial charge in [-0.05, 0) is 43.2 Å². The standard InChI is InChI=1S/C24H26N4O4/c29-22(26-11-13-27(14-12-26)24(31)20-6-5-15-32-20)17-8-9-18-19(16-17)25-21-7-3-1-2-4-10-28(21)23(18)30/h5-6,8-9,15-16H,1-4,7,10-14H2. The van der Waals surface area contributed by atoms with Gasteiger partial charge in [0.1, 0.15) is 5.82 Å². The van der Waals surface area contributed by atoms with E-state index in [0.717, 1.165) is 37.9 Å². The van der Waals surface area contributed by atoms with Crippen molar-refractivity contribution in [1.82, 2.24) is 19.4 Å². The molecule has 32 heavy (non-hydrogen) atoms. The third kappa shape index (κ3) is 3.81. The Hall–Kier alpha value is -3.42. The van der Waals surface area contributed by atoms with Crippen molar-refractivity contribution in [3.8, 4) is 0 Å². The van der Waals surface area contributed by atoms with Crippen LogP contribution in [0.15, 0.2) is 45.8 Å². The molecule has 8 heteroatoms. The third-order valence-electron chi connectivity index (χ3n) is 6.40. The van der Waals surface area contributed by atoms with Crippen LogP contribution in [0.3, 0.4) is 0 Å². The van der Waals surface area contributed by atoms with Crippen LogP contribution >= 0.6 is 0 Å². The number of piperazine rings is 1. The quantitative estimate of drug-likeness (QED) is 0.619. The van der Waals surface area contributed by atoms with Gasteiger partial charge in [-0.25, -0.2) is 4.98 Å². The van der Waals surface area contributed by atoms with Crippen molar-refractivity contribution >= 4 is 22.7 Å². The molecular weight excluding hydrogens is 408 g/mol. The number of aryl methyl sites for hydroxylation is 1. The van der Waals surface area contributed by atoms with E-state index in [0.29, 0.717) is 55.0 Å². The molecule has 4 heterocycles. The average molecular weight is 434 g/mol. The van der Waals surface area contributed by atoms with E-state index in [1.807, 2.05) is 0 Å². The number of aromatic nitrogens is 2. The molecule has 3 aromatic rings. The van der Waals surface area contributed by atoms with Gasteiger partial charge in [0, 0.05) is 44.7 Å². The zero-order valence-electron chi connectivity index (χ0n) is 18.0. The van der Waals surface area contributed by atoms with E-state index in [1.165, 1.54) is 6.26 Å². The summed E-state index contributed by atoms with van der Waals surface area (Å²) in [6.45, 7) is 2.50. The molecule has 0 radical (unpaired) electrons. The number of carbonyl (C=O) groups excluding carboxylic acids is 2. The fourth-order valence-corrected chi connectivity index (χ4v) is 4.58. The van der Waals surface area contributed by atoms with E-state index in [9.17, 15) is 14.4 Å². The Balaban J connectivity index is 1.34. The second kappa shape index (κ2) is 8.61. The molecule has 0 aliphatic carbocycles. The summed E-state index contributed by atoms with van der Waals surface area (Å²) in [6, 6.07) is 8.50. The van der Waals surface area contributed by atoms with Crippen molar-refractivity contribution in [2.45, 2.75) is 38.6 Å². The van der Waals surface area contributed by atoms with E-state index < -0.39 is 0 Å². The molecule has 1 saturated heterocycles. The highest BCUT2D eigenvalue weighted by molar-refractivity contribution is 5.98. The minimum absolute atomic E-state index is 0.0176. The van der Waals surface area contributed by atoms with E-state index in [-0.39, 0.29) is 17.4 Å². The molecular formula is C24H26N4O4. The zero-order chi connectivity index (χ0) is 22.1. The van der Waals surface area contributed by atoms with Gasteiger partial charge in [0.25, 0.3) is 17.4 Å². The minimum Gasteiger partial charge on any atom is -0.459 e. The number of rotatable bonds is 2. The van der Waals surface area contributed by atoms with E-state index >= 15 is 0 Å². The summed E-state index contributed by atoms with van der Waals surface area (Å²) in [5.41, 5.74) is 1.08. The second-order valence-corrected chi connectivity index (χ2v) is 8.44. The summed E-state index contributed by atoms with van der Waals surface area (Å²) in [7, 11) is 0. The summed E-state index contributed by atoms with van der Waals surface area (Å²) < 4.78 is 6.99. The van der Waals surface area contributed by atoms with Crippen LogP contribution < -0.4 is 5.56 Å². The number of furan rings is 1. The predicted molar refractivity (Wildman–Crippen MR) is 119 cm³/mol. The van der Waals surface area contributed by atoms with Crippen molar-refractivity contribution in [2.24, 2.45) is 0 Å². The Morgan fingerprint density at radius 3 is 2.38 bits per heavy atom. The Labute approximate surface area is 185 Å². The summed E-state index contributed by atoms with van der Waals surface area (Å²) in [5.74, 6) is 0.864. The molecule has 0 spiro atoms. The van der Waals surface area contributed by atoms with Crippen LogP contribution in [0.2, 0.25) is 0 Å². The molecule has 1 fully saturated rings. The lowest BCUT2D eigenvalue weighted by Crippen LogP contribution is -2.50. The molecule has 2 aliphatic rings. The number of carbonyl (C=O) groups is 2. The molecule has 0 atom stereocenters. The van der Waals surface area contributed by atoms with Crippen molar-refractivity contribution in [3.05, 3.63) is 64.1 Å². The van der Waals surface area contributed by atoms with Crippen molar-refractivity contribution in [2.75, 3.05) is 26.2 Å². The van der Waals surface area contributed by atoms with Crippen molar-refractivity contribution in [3.63, 3.8) is 0 Å². The van der Waals surface area contributed by atoms with Crippen LogP contribution in [-0.2, 0) is 13.0 Å². The van der Waals surface area contributed by atoms with Gasteiger partial charge in [0.05, 0.1) is 17.2 Å². The number of hydrogen-bond donors (Lipinski definition) is 0. The van der Waals surface area contributed by atoms with Crippen LogP contribution in [0.1, 0.15) is 52.4 Å². The lowest BCUT2D eigenvalue weighted by molar-refractivity contribution is 0.0518. The van der Waals surface area contributed by atoms with Crippen LogP contribution in [0.4, 0.5) is 0 Å². The Morgan fingerprint density at radius 1 is 0.875 bits per heavy atom. The largest absolute Gasteiger partial charge is 0.459 e. The van der Waals surface area contributed by atoms with E-state index in [2.05, 4.69) is 0 Å². The monoisotopic (exact) mass is 434 g/mol. The highest BCUT2D eigenvalue weighted by atomic mass is 16.3. The maximum absolute atomic E-state index is 13.1. The lowest BCUT2D eigenvalue weighted by Gasteiger charge is -2.34. The van der Waals surface area contributed by atoms with Crippen LogP contribution in [-0.4, -0.2) is 57.3 Å². The molecule has 2 aromatic heterocycles. The smallest absolute Gasteiger partial charge is 0.289 e. The Morgan fingerprint density at radius 2 is 1.62 bits per heavy atom. The highest BCUT2D eigenvalue weighted by Crippen LogP contribution is 2.18. The number of benzene rings is 1. The predicted octanol–water partition coefficient (Wildman–Crippen LogP) is 2.70. The van der Waals surface area contributed by atoms with Gasteiger partial charge in [-0.1, -0.05) is 12.8 Å². The van der Waals surface area contributed by atoms with Gasteiger partial charge in [0.15, 0.2) is 5.76 Å². The first-order valence-corrected chi connectivity index (χ1v) is 11.3. The summed E-state index contributed by atoms with van der Waals surface area (Å²) in [6.07, 6.45) is 6.57.